The Morgan fingerprint density at radius 2 is 1.76 bits per heavy atom. The smallest absolute Gasteiger partial charge is 0.216 e. The molecule has 0 atom stereocenters. The SMILES string of the molecule is Cc1ccc(S(=O)(=O)C(C#N)=Cc2cccc(OCc3ccc(F)cc3)c2)cc1. The van der Waals surface area contributed by atoms with Gasteiger partial charge in [-0.2, -0.15) is 5.26 Å². The van der Waals surface area contributed by atoms with Crippen molar-refractivity contribution in [2.24, 2.45) is 0 Å². The highest BCUT2D eigenvalue weighted by atomic mass is 32.2. The normalized spacial score (nSPS) is 11.7. The maximum Gasteiger partial charge on any atom is 0.216 e. The van der Waals surface area contributed by atoms with Crippen molar-refractivity contribution in [1.82, 2.24) is 0 Å². The highest BCUT2D eigenvalue weighted by Crippen LogP contribution is 2.23. The van der Waals surface area contributed by atoms with Crippen LogP contribution in [0.5, 0.6) is 5.75 Å². The van der Waals surface area contributed by atoms with E-state index in [1.807, 2.05) is 6.92 Å². The minimum atomic E-state index is -3.91. The fourth-order valence-electron chi connectivity index (χ4n) is 2.61. The van der Waals surface area contributed by atoms with Crippen molar-refractivity contribution >= 4 is 15.9 Å². The quantitative estimate of drug-likeness (QED) is 0.536. The first kappa shape index (κ1) is 20.3. The van der Waals surface area contributed by atoms with Crippen LogP contribution in [-0.4, -0.2) is 8.42 Å². The second-order valence-electron chi connectivity index (χ2n) is 6.42. The van der Waals surface area contributed by atoms with Gasteiger partial charge in [-0.05, 0) is 60.5 Å². The van der Waals surface area contributed by atoms with E-state index in [0.29, 0.717) is 11.3 Å². The molecule has 3 rings (SSSR count). The van der Waals surface area contributed by atoms with Crippen molar-refractivity contribution in [1.29, 1.82) is 5.26 Å². The second-order valence-corrected chi connectivity index (χ2v) is 8.34. The molecule has 6 heteroatoms. The van der Waals surface area contributed by atoms with E-state index in [2.05, 4.69) is 0 Å². The number of halogens is 1. The summed E-state index contributed by atoms with van der Waals surface area (Å²) in [6.07, 6.45) is 1.32. The number of nitriles is 1. The van der Waals surface area contributed by atoms with Crippen molar-refractivity contribution < 1.29 is 17.5 Å². The molecule has 4 nitrogen and oxygen atoms in total. The molecule has 0 radical (unpaired) electrons. The van der Waals surface area contributed by atoms with Crippen molar-refractivity contribution in [3.05, 3.63) is 100 Å². The van der Waals surface area contributed by atoms with E-state index in [4.69, 9.17) is 4.74 Å². The summed E-state index contributed by atoms with van der Waals surface area (Å²) in [6.45, 7) is 2.09. The number of sulfone groups is 1. The van der Waals surface area contributed by atoms with Crippen LogP contribution in [0.2, 0.25) is 0 Å². The zero-order valence-corrected chi connectivity index (χ0v) is 16.5. The molecule has 146 valence electrons. The van der Waals surface area contributed by atoms with E-state index in [1.54, 1.807) is 54.6 Å². The Morgan fingerprint density at radius 3 is 2.41 bits per heavy atom. The van der Waals surface area contributed by atoms with Gasteiger partial charge in [0.05, 0.1) is 4.90 Å². The zero-order valence-electron chi connectivity index (χ0n) is 15.7. The summed E-state index contributed by atoms with van der Waals surface area (Å²) in [6, 6.07) is 20.8. The lowest BCUT2D eigenvalue weighted by molar-refractivity contribution is 0.306. The highest BCUT2D eigenvalue weighted by Gasteiger charge is 2.20. The standard InChI is InChI=1S/C23H18FNO3S/c1-17-5-11-22(12-6-17)29(26,27)23(15-25)14-19-3-2-4-21(13-19)28-16-18-7-9-20(24)10-8-18/h2-14H,16H2,1H3. The van der Waals surface area contributed by atoms with Gasteiger partial charge in [-0.3, -0.25) is 0 Å². The van der Waals surface area contributed by atoms with Gasteiger partial charge in [-0.25, -0.2) is 12.8 Å². The van der Waals surface area contributed by atoms with Gasteiger partial charge in [0.2, 0.25) is 9.84 Å². The summed E-state index contributed by atoms with van der Waals surface area (Å²) in [7, 11) is -3.91. The number of hydrogen-bond donors (Lipinski definition) is 0. The summed E-state index contributed by atoms with van der Waals surface area (Å²) in [4.78, 5) is -0.281. The number of nitrogens with zero attached hydrogens (tertiary/aromatic N) is 1. The Hall–Kier alpha value is -3.43. The van der Waals surface area contributed by atoms with Gasteiger partial charge in [0, 0.05) is 0 Å². The molecule has 0 spiro atoms. The minimum absolute atomic E-state index is 0.0691. The van der Waals surface area contributed by atoms with Gasteiger partial charge in [-0.15, -0.1) is 0 Å². The predicted molar refractivity (Wildman–Crippen MR) is 109 cm³/mol. The molecule has 0 saturated heterocycles. The van der Waals surface area contributed by atoms with Gasteiger partial charge < -0.3 is 4.74 Å². The molecule has 0 amide bonds. The van der Waals surface area contributed by atoms with Crippen molar-refractivity contribution in [2.75, 3.05) is 0 Å². The van der Waals surface area contributed by atoms with Crippen LogP contribution in [0.3, 0.4) is 0 Å². The van der Waals surface area contributed by atoms with Crippen LogP contribution >= 0.6 is 0 Å². The average molecular weight is 407 g/mol. The molecule has 0 aromatic heterocycles. The molecule has 0 aliphatic rings. The molecule has 0 fully saturated rings. The first-order valence-electron chi connectivity index (χ1n) is 8.79. The van der Waals surface area contributed by atoms with Crippen LogP contribution in [0, 0.1) is 24.1 Å². The first-order chi connectivity index (χ1) is 13.9. The molecule has 0 unspecified atom stereocenters. The van der Waals surface area contributed by atoms with Crippen LogP contribution < -0.4 is 4.74 Å². The molecule has 3 aromatic carbocycles. The van der Waals surface area contributed by atoms with Crippen LogP contribution in [0.4, 0.5) is 4.39 Å². The molecule has 3 aromatic rings. The fourth-order valence-corrected chi connectivity index (χ4v) is 3.77. The number of allylic oxidation sites excluding steroid dienone is 1. The lowest BCUT2D eigenvalue weighted by atomic mass is 10.2. The molecular formula is C23H18FNO3S. The molecule has 0 aliphatic carbocycles. The highest BCUT2D eigenvalue weighted by molar-refractivity contribution is 7.95. The van der Waals surface area contributed by atoms with Crippen molar-refractivity contribution in [3.8, 4) is 11.8 Å². The third kappa shape index (κ3) is 5.09. The Kier molecular flexibility index (Phi) is 6.10. The fraction of sp³-hybridized carbons (Fsp3) is 0.0870. The van der Waals surface area contributed by atoms with E-state index < -0.39 is 9.84 Å². The first-order valence-corrected chi connectivity index (χ1v) is 10.3. The average Bonchev–Trinajstić information content (AvgIpc) is 2.72. The van der Waals surface area contributed by atoms with E-state index in [9.17, 15) is 18.1 Å². The van der Waals surface area contributed by atoms with Gasteiger partial charge >= 0.3 is 0 Å². The van der Waals surface area contributed by atoms with Crippen molar-refractivity contribution in [3.63, 3.8) is 0 Å². The topological polar surface area (TPSA) is 67.2 Å². The van der Waals surface area contributed by atoms with Crippen LogP contribution in [-0.2, 0) is 16.4 Å². The Balaban J connectivity index is 1.82. The minimum Gasteiger partial charge on any atom is -0.489 e. The van der Waals surface area contributed by atoms with Gasteiger partial charge in [0.25, 0.3) is 0 Å². The summed E-state index contributed by atoms with van der Waals surface area (Å²) in [5.41, 5.74) is 2.25. The van der Waals surface area contributed by atoms with E-state index in [-0.39, 0.29) is 22.2 Å². The van der Waals surface area contributed by atoms with Crippen molar-refractivity contribution in [2.45, 2.75) is 18.4 Å². The number of hydrogen-bond acceptors (Lipinski definition) is 4. The third-order valence-corrected chi connectivity index (χ3v) is 5.89. The van der Waals surface area contributed by atoms with Gasteiger partial charge in [0.1, 0.15) is 29.1 Å². The summed E-state index contributed by atoms with van der Waals surface area (Å²) in [5.74, 6) is 0.188. The second kappa shape index (κ2) is 8.72. The number of benzene rings is 3. The maximum absolute atomic E-state index is 13.0. The number of aryl methyl sites for hydroxylation is 1. The Labute approximate surface area is 169 Å². The number of ether oxygens (including phenoxy) is 1. The van der Waals surface area contributed by atoms with E-state index in [0.717, 1.165) is 11.1 Å². The van der Waals surface area contributed by atoms with Crippen LogP contribution in [0.25, 0.3) is 6.08 Å². The van der Waals surface area contributed by atoms with E-state index >= 15 is 0 Å². The molecular weight excluding hydrogens is 389 g/mol. The zero-order chi connectivity index (χ0) is 20.9. The lowest BCUT2D eigenvalue weighted by Gasteiger charge is -2.08. The molecule has 0 saturated carbocycles. The van der Waals surface area contributed by atoms with Gasteiger partial charge in [-0.1, -0.05) is 42.0 Å². The monoisotopic (exact) mass is 407 g/mol. The molecule has 0 heterocycles. The Bertz CT molecular complexity index is 1180. The molecule has 0 aliphatic heterocycles. The summed E-state index contributed by atoms with van der Waals surface area (Å²) in [5, 5.41) is 9.42. The van der Waals surface area contributed by atoms with Crippen LogP contribution in [0.1, 0.15) is 16.7 Å². The molecule has 0 bridgehead atoms. The largest absolute Gasteiger partial charge is 0.489 e. The summed E-state index contributed by atoms with van der Waals surface area (Å²) < 4.78 is 44.2. The van der Waals surface area contributed by atoms with Gasteiger partial charge in [0.15, 0.2) is 0 Å². The van der Waals surface area contributed by atoms with Crippen LogP contribution in [0.15, 0.2) is 82.6 Å². The summed E-state index contributed by atoms with van der Waals surface area (Å²) >= 11 is 0. The third-order valence-electron chi connectivity index (χ3n) is 4.21. The maximum atomic E-state index is 13.0. The molecule has 0 N–H and O–H groups in total. The lowest BCUT2D eigenvalue weighted by Crippen LogP contribution is -2.03. The number of rotatable bonds is 6. The molecule has 29 heavy (non-hydrogen) atoms. The predicted octanol–water partition coefficient (Wildman–Crippen LogP) is 5.05. The Morgan fingerprint density at radius 1 is 1.07 bits per heavy atom. The van der Waals surface area contributed by atoms with E-state index in [1.165, 1.54) is 30.3 Å².